The first-order valence-corrected chi connectivity index (χ1v) is 6.46. The lowest BCUT2D eigenvalue weighted by Crippen LogP contribution is -2.19. The Morgan fingerprint density at radius 2 is 2.28 bits per heavy atom. The molecule has 0 saturated heterocycles. The molecule has 0 radical (unpaired) electrons. The molecule has 4 heteroatoms. The molecule has 2 heterocycles. The van der Waals surface area contributed by atoms with Crippen LogP contribution in [0.15, 0.2) is 35.2 Å². The molecule has 0 aliphatic rings. The molecule has 18 heavy (non-hydrogen) atoms. The number of likely N-dealkylation sites (N-methyl/N-ethyl adjacent to an activating group) is 1. The van der Waals surface area contributed by atoms with Gasteiger partial charge in [0.2, 0.25) is 0 Å². The highest BCUT2D eigenvalue weighted by molar-refractivity contribution is 6.31. The molecule has 0 saturated carbocycles. The minimum atomic E-state index is 0.207. The fourth-order valence-corrected chi connectivity index (χ4v) is 2.30. The summed E-state index contributed by atoms with van der Waals surface area (Å²) in [4.78, 5) is 4.00. The van der Waals surface area contributed by atoms with Crippen LogP contribution in [0.4, 0.5) is 0 Å². The molecule has 0 spiro atoms. The van der Waals surface area contributed by atoms with Crippen molar-refractivity contribution < 1.29 is 4.42 Å². The van der Waals surface area contributed by atoms with Crippen molar-refractivity contribution >= 4 is 11.6 Å². The van der Waals surface area contributed by atoms with Crippen molar-refractivity contribution in [2.75, 3.05) is 7.05 Å². The average molecular weight is 265 g/mol. The fraction of sp³-hybridized carbons (Fsp3) is 0.357. The third kappa shape index (κ3) is 2.74. The summed E-state index contributed by atoms with van der Waals surface area (Å²) in [6, 6.07) is 4.19. The lowest BCUT2D eigenvalue weighted by molar-refractivity contribution is 0.495. The second-order valence-corrected chi connectivity index (χ2v) is 4.57. The molecular weight excluding hydrogens is 248 g/mol. The predicted molar refractivity (Wildman–Crippen MR) is 72.8 cm³/mol. The van der Waals surface area contributed by atoms with Gasteiger partial charge < -0.3 is 9.73 Å². The first-order chi connectivity index (χ1) is 8.76. The van der Waals surface area contributed by atoms with Gasteiger partial charge in [0.1, 0.15) is 5.76 Å². The van der Waals surface area contributed by atoms with Crippen molar-refractivity contribution in [2.24, 2.45) is 0 Å². The zero-order chi connectivity index (χ0) is 13.0. The molecule has 0 aliphatic heterocycles. The molecule has 2 aromatic heterocycles. The Kier molecular flexibility index (Phi) is 4.39. The van der Waals surface area contributed by atoms with Crippen LogP contribution in [-0.4, -0.2) is 12.0 Å². The number of aryl methyl sites for hydroxylation is 1. The van der Waals surface area contributed by atoms with E-state index < -0.39 is 0 Å². The molecule has 0 amide bonds. The Hall–Kier alpha value is -1.32. The first kappa shape index (κ1) is 13.1. The van der Waals surface area contributed by atoms with Crippen molar-refractivity contribution in [3.8, 4) is 0 Å². The number of halogens is 1. The smallest absolute Gasteiger partial charge is 0.108 e. The Morgan fingerprint density at radius 1 is 1.44 bits per heavy atom. The van der Waals surface area contributed by atoms with E-state index in [2.05, 4.69) is 17.2 Å². The predicted octanol–water partition coefficient (Wildman–Crippen LogP) is 3.39. The highest BCUT2D eigenvalue weighted by Gasteiger charge is 2.17. The van der Waals surface area contributed by atoms with E-state index in [4.69, 9.17) is 16.0 Å². The maximum atomic E-state index is 6.15. The number of rotatable bonds is 5. The quantitative estimate of drug-likeness (QED) is 0.900. The van der Waals surface area contributed by atoms with Gasteiger partial charge in [0, 0.05) is 30.4 Å². The summed E-state index contributed by atoms with van der Waals surface area (Å²) in [5.41, 5.74) is 2.29. The van der Waals surface area contributed by atoms with Crippen LogP contribution in [0.3, 0.4) is 0 Å². The number of aromatic nitrogens is 1. The number of hydrogen-bond donors (Lipinski definition) is 1. The van der Waals surface area contributed by atoms with E-state index in [0.29, 0.717) is 5.02 Å². The highest BCUT2D eigenvalue weighted by Crippen LogP contribution is 2.25. The van der Waals surface area contributed by atoms with Gasteiger partial charge in [-0.1, -0.05) is 18.5 Å². The van der Waals surface area contributed by atoms with Gasteiger partial charge in [0.15, 0.2) is 0 Å². The van der Waals surface area contributed by atoms with Gasteiger partial charge in [-0.3, -0.25) is 4.98 Å². The third-order valence-corrected chi connectivity index (χ3v) is 3.45. The van der Waals surface area contributed by atoms with Crippen molar-refractivity contribution in [3.05, 3.63) is 52.7 Å². The van der Waals surface area contributed by atoms with E-state index in [1.165, 1.54) is 5.56 Å². The Bertz CT molecular complexity index is 510. The summed E-state index contributed by atoms with van der Waals surface area (Å²) in [5.74, 6) is 1.03. The lowest BCUT2D eigenvalue weighted by atomic mass is 9.99. The second-order valence-electron chi connectivity index (χ2n) is 4.17. The number of hydrogen-bond acceptors (Lipinski definition) is 3. The summed E-state index contributed by atoms with van der Waals surface area (Å²) in [6.07, 6.45) is 6.91. The van der Waals surface area contributed by atoms with Gasteiger partial charge >= 0.3 is 0 Å². The van der Waals surface area contributed by atoms with Gasteiger partial charge in [-0.05, 0) is 31.2 Å². The molecular formula is C14H17ClN2O. The Labute approximate surface area is 112 Å². The fourth-order valence-electron chi connectivity index (χ4n) is 2.11. The summed E-state index contributed by atoms with van der Waals surface area (Å²) in [7, 11) is 1.95. The van der Waals surface area contributed by atoms with Crippen LogP contribution in [-0.2, 0) is 12.8 Å². The van der Waals surface area contributed by atoms with Crippen molar-refractivity contribution in [1.82, 2.24) is 10.3 Å². The molecule has 0 aromatic carbocycles. The van der Waals surface area contributed by atoms with Crippen LogP contribution in [0.1, 0.15) is 29.9 Å². The second kappa shape index (κ2) is 6.03. The molecule has 2 rings (SSSR count). The summed E-state index contributed by atoms with van der Waals surface area (Å²) >= 11 is 6.15. The molecule has 0 bridgehead atoms. The van der Waals surface area contributed by atoms with Crippen LogP contribution >= 0.6 is 11.6 Å². The SMILES string of the molecule is CCc1occc1C(Cc1ccncc1Cl)NC. The van der Waals surface area contributed by atoms with Crippen LogP contribution in [0.2, 0.25) is 5.02 Å². The van der Waals surface area contributed by atoms with E-state index in [9.17, 15) is 0 Å². The number of furan rings is 1. The number of nitrogens with one attached hydrogen (secondary N) is 1. The molecule has 1 unspecified atom stereocenters. The summed E-state index contributed by atoms with van der Waals surface area (Å²) in [6.45, 7) is 2.09. The van der Waals surface area contributed by atoms with E-state index in [0.717, 1.165) is 24.2 Å². The topological polar surface area (TPSA) is 38.1 Å². The van der Waals surface area contributed by atoms with Crippen molar-refractivity contribution in [3.63, 3.8) is 0 Å². The first-order valence-electron chi connectivity index (χ1n) is 6.08. The van der Waals surface area contributed by atoms with Crippen LogP contribution in [0.25, 0.3) is 0 Å². The molecule has 1 atom stereocenters. The largest absolute Gasteiger partial charge is 0.469 e. The zero-order valence-electron chi connectivity index (χ0n) is 10.6. The lowest BCUT2D eigenvalue weighted by Gasteiger charge is -2.16. The Balaban J connectivity index is 2.23. The maximum absolute atomic E-state index is 6.15. The van der Waals surface area contributed by atoms with Gasteiger partial charge in [0.05, 0.1) is 11.3 Å². The van der Waals surface area contributed by atoms with E-state index in [1.54, 1.807) is 18.7 Å². The van der Waals surface area contributed by atoms with Gasteiger partial charge in [-0.25, -0.2) is 0 Å². The summed E-state index contributed by atoms with van der Waals surface area (Å²) < 4.78 is 5.48. The minimum absolute atomic E-state index is 0.207. The van der Waals surface area contributed by atoms with E-state index in [-0.39, 0.29) is 6.04 Å². The monoisotopic (exact) mass is 264 g/mol. The highest BCUT2D eigenvalue weighted by atomic mass is 35.5. The molecule has 0 aliphatic carbocycles. The van der Waals surface area contributed by atoms with Crippen molar-refractivity contribution in [2.45, 2.75) is 25.8 Å². The van der Waals surface area contributed by atoms with Crippen LogP contribution in [0.5, 0.6) is 0 Å². The van der Waals surface area contributed by atoms with E-state index in [1.807, 2.05) is 19.2 Å². The third-order valence-electron chi connectivity index (χ3n) is 3.11. The molecule has 96 valence electrons. The molecule has 0 fully saturated rings. The minimum Gasteiger partial charge on any atom is -0.469 e. The van der Waals surface area contributed by atoms with Gasteiger partial charge in [-0.2, -0.15) is 0 Å². The zero-order valence-corrected chi connectivity index (χ0v) is 11.4. The standard InChI is InChI=1S/C14H17ClN2O/c1-3-14-11(5-7-18-14)13(16-2)8-10-4-6-17-9-12(10)15/h4-7,9,13,16H,3,8H2,1-2H3. The summed E-state index contributed by atoms with van der Waals surface area (Å²) in [5, 5.41) is 4.02. The molecule has 1 N–H and O–H groups in total. The normalized spacial score (nSPS) is 12.6. The van der Waals surface area contributed by atoms with Crippen LogP contribution < -0.4 is 5.32 Å². The molecule has 3 nitrogen and oxygen atoms in total. The van der Waals surface area contributed by atoms with Gasteiger partial charge in [0.25, 0.3) is 0 Å². The van der Waals surface area contributed by atoms with Gasteiger partial charge in [-0.15, -0.1) is 0 Å². The van der Waals surface area contributed by atoms with Crippen molar-refractivity contribution in [1.29, 1.82) is 0 Å². The molecule has 2 aromatic rings. The average Bonchev–Trinajstić information content (AvgIpc) is 2.86. The Morgan fingerprint density at radius 3 is 2.94 bits per heavy atom. The number of nitrogens with zero attached hydrogens (tertiary/aromatic N) is 1. The maximum Gasteiger partial charge on any atom is 0.108 e. The number of pyridine rings is 1. The van der Waals surface area contributed by atoms with Crippen LogP contribution in [0, 0.1) is 0 Å². The van der Waals surface area contributed by atoms with E-state index >= 15 is 0 Å².